The highest BCUT2D eigenvalue weighted by atomic mass is 32.2. The van der Waals surface area contributed by atoms with E-state index in [1.807, 2.05) is 0 Å². The molecule has 144 valence electrons. The van der Waals surface area contributed by atoms with Crippen LogP contribution in [0.1, 0.15) is 22.8 Å². The Morgan fingerprint density at radius 1 is 1.11 bits per heavy atom. The fourth-order valence-electron chi connectivity index (χ4n) is 2.16. The molecule has 0 saturated carbocycles. The van der Waals surface area contributed by atoms with E-state index in [-0.39, 0.29) is 23.6 Å². The average Bonchev–Trinajstić information content (AvgIpc) is 2.60. The van der Waals surface area contributed by atoms with Gasteiger partial charge in [0.2, 0.25) is 10.0 Å². The second kappa shape index (κ2) is 8.63. The van der Waals surface area contributed by atoms with Crippen molar-refractivity contribution in [3.8, 4) is 0 Å². The zero-order valence-corrected chi connectivity index (χ0v) is 15.5. The van der Waals surface area contributed by atoms with Gasteiger partial charge in [0, 0.05) is 6.54 Å². The van der Waals surface area contributed by atoms with Crippen molar-refractivity contribution in [1.82, 2.24) is 5.32 Å². The van der Waals surface area contributed by atoms with Gasteiger partial charge in [-0.2, -0.15) is 0 Å². The lowest BCUT2D eigenvalue weighted by Crippen LogP contribution is -2.35. The van der Waals surface area contributed by atoms with Crippen LogP contribution >= 0.6 is 0 Å². The number of carbonyl (C=O) groups is 2. The number of anilines is 1. The van der Waals surface area contributed by atoms with Crippen LogP contribution in [0, 0.1) is 5.82 Å². The van der Waals surface area contributed by atoms with Crippen LogP contribution < -0.4 is 10.0 Å². The summed E-state index contributed by atoms with van der Waals surface area (Å²) in [6.45, 7) is 1.54. The highest BCUT2D eigenvalue weighted by Gasteiger charge is 2.21. The third kappa shape index (κ3) is 6.37. The first-order valence-electron chi connectivity index (χ1n) is 7.95. The molecule has 0 aliphatic heterocycles. The summed E-state index contributed by atoms with van der Waals surface area (Å²) in [7, 11) is -3.58. The molecule has 7 nitrogen and oxygen atoms in total. The molecule has 27 heavy (non-hydrogen) atoms. The van der Waals surface area contributed by atoms with Gasteiger partial charge in [0.15, 0.2) is 6.10 Å². The monoisotopic (exact) mass is 394 g/mol. The predicted molar refractivity (Wildman–Crippen MR) is 98.0 cm³/mol. The molecule has 0 spiro atoms. The summed E-state index contributed by atoms with van der Waals surface area (Å²) < 4.78 is 43.0. The predicted octanol–water partition coefficient (Wildman–Crippen LogP) is 2.06. The SMILES string of the molecule is C[C@@H](OC(=O)c1ccccc1NS(C)(=O)=O)C(=O)NCc1ccc(F)cc1. The largest absolute Gasteiger partial charge is 0.449 e. The maximum absolute atomic E-state index is 12.9. The average molecular weight is 394 g/mol. The van der Waals surface area contributed by atoms with Crippen molar-refractivity contribution in [2.45, 2.75) is 19.6 Å². The smallest absolute Gasteiger partial charge is 0.341 e. The second-order valence-corrected chi connectivity index (χ2v) is 7.56. The van der Waals surface area contributed by atoms with E-state index in [9.17, 15) is 22.4 Å². The molecule has 2 aromatic carbocycles. The number of rotatable bonds is 7. The van der Waals surface area contributed by atoms with Gasteiger partial charge in [-0.15, -0.1) is 0 Å². The first-order chi connectivity index (χ1) is 12.7. The van der Waals surface area contributed by atoms with E-state index >= 15 is 0 Å². The molecule has 9 heteroatoms. The van der Waals surface area contributed by atoms with Gasteiger partial charge in [0.1, 0.15) is 5.82 Å². The van der Waals surface area contributed by atoms with Crippen LogP contribution in [0.25, 0.3) is 0 Å². The number of sulfonamides is 1. The van der Waals surface area contributed by atoms with Crippen molar-refractivity contribution in [3.63, 3.8) is 0 Å². The third-order valence-electron chi connectivity index (χ3n) is 3.48. The quantitative estimate of drug-likeness (QED) is 0.700. The minimum atomic E-state index is -3.58. The first kappa shape index (κ1) is 20.4. The normalized spacial score (nSPS) is 12.1. The van der Waals surface area contributed by atoms with Crippen molar-refractivity contribution in [3.05, 3.63) is 65.5 Å². The lowest BCUT2D eigenvalue weighted by Gasteiger charge is -2.15. The van der Waals surface area contributed by atoms with Gasteiger partial charge in [0.25, 0.3) is 5.91 Å². The summed E-state index contributed by atoms with van der Waals surface area (Å²) in [6.07, 6.45) is -0.148. The maximum atomic E-state index is 12.9. The number of nitrogens with one attached hydrogen (secondary N) is 2. The molecule has 2 aromatic rings. The van der Waals surface area contributed by atoms with Gasteiger partial charge in [-0.1, -0.05) is 24.3 Å². The van der Waals surface area contributed by atoms with Crippen LogP contribution in [0.4, 0.5) is 10.1 Å². The van der Waals surface area contributed by atoms with Crippen LogP contribution in [0.3, 0.4) is 0 Å². The van der Waals surface area contributed by atoms with Crippen molar-refractivity contribution in [1.29, 1.82) is 0 Å². The Hall–Kier alpha value is -2.94. The Kier molecular flexibility index (Phi) is 6.51. The molecule has 2 rings (SSSR count). The number of halogens is 1. The molecular formula is C18H19FN2O5S. The molecule has 0 saturated heterocycles. The molecule has 0 fully saturated rings. The van der Waals surface area contributed by atoms with Crippen LogP contribution in [0.2, 0.25) is 0 Å². The van der Waals surface area contributed by atoms with E-state index in [0.29, 0.717) is 5.56 Å². The maximum Gasteiger partial charge on any atom is 0.341 e. The Morgan fingerprint density at radius 3 is 2.37 bits per heavy atom. The number of carbonyl (C=O) groups excluding carboxylic acids is 2. The number of hydrogen-bond acceptors (Lipinski definition) is 5. The van der Waals surface area contributed by atoms with Gasteiger partial charge in [0.05, 0.1) is 17.5 Å². The number of para-hydroxylation sites is 1. The molecule has 2 N–H and O–H groups in total. The molecule has 0 unspecified atom stereocenters. The first-order valence-corrected chi connectivity index (χ1v) is 9.85. The van der Waals surface area contributed by atoms with Gasteiger partial charge >= 0.3 is 5.97 Å². The lowest BCUT2D eigenvalue weighted by atomic mass is 10.2. The zero-order valence-electron chi connectivity index (χ0n) is 14.7. The Morgan fingerprint density at radius 2 is 1.74 bits per heavy atom. The van der Waals surface area contributed by atoms with Gasteiger partial charge in [-0.3, -0.25) is 9.52 Å². The van der Waals surface area contributed by atoms with Gasteiger partial charge < -0.3 is 10.1 Å². The summed E-state index contributed by atoms with van der Waals surface area (Å²) in [5.74, 6) is -1.76. The van der Waals surface area contributed by atoms with Crippen LogP contribution in [0.15, 0.2) is 48.5 Å². The summed E-state index contributed by atoms with van der Waals surface area (Å²) in [6, 6.07) is 11.5. The van der Waals surface area contributed by atoms with Crippen LogP contribution in [-0.2, 0) is 26.1 Å². The fourth-order valence-corrected chi connectivity index (χ4v) is 2.74. The minimum absolute atomic E-state index is 0.0129. The standard InChI is InChI=1S/C18H19FN2O5S/c1-12(17(22)20-11-13-7-9-14(19)10-8-13)26-18(23)15-5-3-4-6-16(15)21-27(2,24)25/h3-10,12,21H,11H2,1-2H3,(H,20,22)/t12-/m1/s1. The molecule has 0 radical (unpaired) electrons. The minimum Gasteiger partial charge on any atom is -0.449 e. The Balaban J connectivity index is 1.98. The molecule has 1 amide bonds. The van der Waals surface area contributed by atoms with Crippen molar-refractivity contribution in [2.75, 3.05) is 11.0 Å². The Bertz CT molecular complexity index is 929. The summed E-state index contributed by atoms with van der Waals surface area (Å²) in [5.41, 5.74) is 0.732. The van der Waals surface area contributed by atoms with Crippen LogP contribution in [0.5, 0.6) is 0 Å². The number of amides is 1. The molecule has 0 heterocycles. The number of hydrogen-bond donors (Lipinski definition) is 2. The van der Waals surface area contributed by atoms with E-state index in [1.165, 1.54) is 43.3 Å². The highest BCUT2D eigenvalue weighted by Crippen LogP contribution is 2.18. The van der Waals surface area contributed by atoms with E-state index in [0.717, 1.165) is 6.26 Å². The topological polar surface area (TPSA) is 102 Å². The van der Waals surface area contributed by atoms with Crippen molar-refractivity contribution < 1.29 is 27.1 Å². The number of esters is 1. The molecule has 1 atom stereocenters. The molecule has 0 aromatic heterocycles. The lowest BCUT2D eigenvalue weighted by molar-refractivity contribution is -0.129. The number of benzene rings is 2. The van der Waals surface area contributed by atoms with Crippen LogP contribution in [-0.4, -0.2) is 32.7 Å². The van der Waals surface area contributed by atoms with E-state index < -0.39 is 28.0 Å². The summed E-state index contributed by atoms with van der Waals surface area (Å²) >= 11 is 0. The van der Waals surface area contributed by atoms with Gasteiger partial charge in [-0.05, 0) is 36.8 Å². The van der Waals surface area contributed by atoms with Crippen molar-refractivity contribution >= 4 is 27.6 Å². The highest BCUT2D eigenvalue weighted by molar-refractivity contribution is 7.92. The zero-order chi connectivity index (χ0) is 20.0. The van der Waals surface area contributed by atoms with E-state index in [2.05, 4.69) is 10.0 Å². The molecule has 0 bridgehead atoms. The summed E-state index contributed by atoms with van der Waals surface area (Å²) in [4.78, 5) is 24.4. The van der Waals surface area contributed by atoms with E-state index in [4.69, 9.17) is 4.74 Å². The second-order valence-electron chi connectivity index (χ2n) is 5.81. The third-order valence-corrected chi connectivity index (χ3v) is 4.07. The van der Waals surface area contributed by atoms with E-state index in [1.54, 1.807) is 12.1 Å². The van der Waals surface area contributed by atoms with Gasteiger partial charge in [-0.25, -0.2) is 17.6 Å². The molecule has 0 aliphatic rings. The Labute approximate surface area is 156 Å². The van der Waals surface area contributed by atoms with Crippen molar-refractivity contribution in [2.24, 2.45) is 0 Å². The number of ether oxygens (including phenoxy) is 1. The molecule has 0 aliphatic carbocycles. The molecular weight excluding hydrogens is 375 g/mol. The summed E-state index contributed by atoms with van der Waals surface area (Å²) in [5, 5.41) is 2.58. The fraction of sp³-hybridized carbons (Fsp3) is 0.222.